The third kappa shape index (κ3) is 4.11. The standard InChI is InChI=1S/C27H26F6N6/c1-23(2)17-9-7-11-19(34-17)38-13-15(21(36-38)26(28,29)30)24(3,4)25(5,6)16-14-39(37-22(16)27(31,32)33)20-12-8-10-18(23)35-20/h7-14H,1-6H3. The van der Waals surface area contributed by atoms with Crippen LogP contribution in [0, 0.1) is 0 Å². The molecule has 0 saturated carbocycles. The fraction of sp³-hybridized carbons (Fsp3) is 0.407. The van der Waals surface area contributed by atoms with Crippen LogP contribution >= 0.6 is 0 Å². The molecule has 5 rings (SSSR count). The average Bonchev–Trinajstić information content (AvgIpc) is 3.50. The van der Waals surface area contributed by atoms with E-state index in [1.54, 1.807) is 24.3 Å². The molecule has 4 aromatic heterocycles. The Morgan fingerprint density at radius 3 is 1.28 bits per heavy atom. The van der Waals surface area contributed by atoms with Crippen molar-refractivity contribution < 1.29 is 26.3 Å². The second-order valence-corrected chi connectivity index (χ2v) is 11.3. The van der Waals surface area contributed by atoms with E-state index in [0.29, 0.717) is 11.4 Å². The summed E-state index contributed by atoms with van der Waals surface area (Å²) in [6.07, 6.45) is -7.32. The normalized spacial score (nSPS) is 17.8. The Bertz CT molecular complexity index is 1460. The lowest BCUT2D eigenvalue weighted by molar-refractivity contribution is -0.144. The minimum Gasteiger partial charge on any atom is -0.233 e. The van der Waals surface area contributed by atoms with E-state index in [-0.39, 0.29) is 22.8 Å². The molecular formula is C27H26F6N6. The van der Waals surface area contributed by atoms with E-state index in [1.165, 1.54) is 52.2 Å². The van der Waals surface area contributed by atoms with Crippen molar-refractivity contribution in [3.63, 3.8) is 0 Å². The van der Waals surface area contributed by atoms with Gasteiger partial charge in [-0.2, -0.15) is 36.5 Å². The van der Waals surface area contributed by atoms with Crippen LogP contribution in [0.1, 0.15) is 75.4 Å². The van der Waals surface area contributed by atoms with Crippen LogP contribution in [0.15, 0.2) is 48.8 Å². The molecule has 5 heterocycles. The van der Waals surface area contributed by atoms with Crippen molar-refractivity contribution in [2.75, 3.05) is 0 Å². The Balaban J connectivity index is 1.92. The minimum atomic E-state index is -4.87. The van der Waals surface area contributed by atoms with Crippen LogP contribution in [-0.4, -0.2) is 29.5 Å². The van der Waals surface area contributed by atoms with Gasteiger partial charge < -0.3 is 0 Å². The van der Waals surface area contributed by atoms with Gasteiger partial charge in [0.25, 0.3) is 0 Å². The van der Waals surface area contributed by atoms with Crippen LogP contribution in [0.3, 0.4) is 0 Å². The Labute approximate surface area is 220 Å². The summed E-state index contributed by atoms with van der Waals surface area (Å²) in [6, 6.07) is 9.82. The van der Waals surface area contributed by atoms with Crippen molar-refractivity contribution in [1.82, 2.24) is 29.5 Å². The molecule has 0 aliphatic carbocycles. The monoisotopic (exact) mass is 548 g/mol. The smallest absolute Gasteiger partial charge is 0.233 e. The summed E-state index contributed by atoms with van der Waals surface area (Å²) >= 11 is 0. The maximum absolute atomic E-state index is 14.3. The molecule has 0 fully saturated rings. The fourth-order valence-electron chi connectivity index (χ4n) is 4.92. The lowest BCUT2D eigenvalue weighted by Gasteiger charge is -2.42. The molecule has 0 atom stereocenters. The summed E-state index contributed by atoms with van der Waals surface area (Å²) < 4.78 is 88.1. The second-order valence-electron chi connectivity index (χ2n) is 11.3. The highest BCUT2D eigenvalue weighted by Crippen LogP contribution is 2.50. The molecule has 0 spiro atoms. The molecular weight excluding hydrogens is 522 g/mol. The van der Waals surface area contributed by atoms with E-state index in [4.69, 9.17) is 0 Å². The number of rotatable bonds is 0. The lowest BCUT2D eigenvalue weighted by atomic mass is 9.61. The number of hydrogen-bond donors (Lipinski definition) is 0. The molecule has 0 amide bonds. The highest BCUT2D eigenvalue weighted by atomic mass is 19.4. The van der Waals surface area contributed by atoms with Gasteiger partial charge in [0.1, 0.15) is 0 Å². The van der Waals surface area contributed by atoms with E-state index in [9.17, 15) is 26.3 Å². The highest BCUT2D eigenvalue weighted by molar-refractivity contribution is 5.44. The molecule has 39 heavy (non-hydrogen) atoms. The topological polar surface area (TPSA) is 61.4 Å². The molecule has 1 aliphatic rings. The number of halogens is 6. The Morgan fingerprint density at radius 2 is 0.949 bits per heavy atom. The van der Waals surface area contributed by atoms with E-state index in [2.05, 4.69) is 20.2 Å². The molecule has 4 aromatic rings. The summed E-state index contributed by atoms with van der Waals surface area (Å²) in [6.45, 7) is 9.55. The van der Waals surface area contributed by atoms with Crippen LogP contribution in [0.4, 0.5) is 26.3 Å². The summed E-state index contributed by atoms with van der Waals surface area (Å²) in [5.41, 5.74) is -5.80. The first kappa shape index (κ1) is 26.9. The van der Waals surface area contributed by atoms with Gasteiger partial charge in [0.05, 0.1) is 11.4 Å². The van der Waals surface area contributed by atoms with Crippen molar-refractivity contribution in [2.24, 2.45) is 0 Å². The number of alkyl halides is 6. The molecule has 0 N–H and O–H groups in total. The summed E-state index contributed by atoms with van der Waals surface area (Å²) in [5.74, 6) is 0.276. The summed E-state index contributed by atoms with van der Waals surface area (Å²) in [7, 11) is 0. The van der Waals surface area contributed by atoms with Gasteiger partial charge in [-0.25, -0.2) is 19.3 Å². The van der Waals surface area contributed by atoms with E-state index < -0.39 is 40.0 Å². The Kier molecular flexibility index (Phi) is 5.62. The zero-order valence-electron chi connectivity index (χ0n) is 22.1. The zero-order valence-corrected chi connectivity index (χ0v) is 22.1. The van der Waals surface area contributed by atoms with Gasteiger partial charge in [0.2, 0.25) is 0 Å². The van der Waals surface area contributed by atoms with Gasteiger partial charge >= 0.3 is 12.4 Å². The van der Waals surface area contributed by atoms with Crippen LogP contribution in [0.25, 0.3) is 11.6 Å². The van der Waals surface area contributed by atoms with Crippen LogP contribution < -0.4 is 0 Å². The Hall–Kier alpha value is -3.70. The molecule has 6 nitrogen and oxygen atoms in total. The molecule has 0 aromatic carbocycles. The number of nitrogens with zero attached hydrogens (tertiary/aromatic N) is 6. The van der Waals surface area contributed by atoms with Crippen molar-refractivity contribution >= 4 is 0 Å². The summed E-state index contributed by atoms with van der Waals surface area (Å²) in [4.78, 5) is 9.25. The predicted molar refractivity (Wildman–Crippen MR) is 131 cm³/mol. The molecule has 0 saturated heterocycles. The molecule has 12 heteroatoms. The number of fused-ring (bicyclic) bond motifs is 10. The highest BCUT2D eigenvalue weighted by Gasteiger charge is 2.52. The fourth-order valence-corrected chi connectivity index (χ4v) is 4.92. The quantitative estimate of drug-likeness (QED) is 0.227. The third-order valence-electron chi connectivity index (χ3n) is 8.09. The van der Waals surface area contributed by atoms with Gasteiger partial charge in [-0.3, -0.25) is 0 Å². The number of pyridine rings is 2. The van der Waals surface area contributed by atoms with Crippen LogP contribution in [0.2, 0.25) is 0 Å². The number of hydrogen-bond acceptors (Lipinski definition) is 4. The summed E-state index contributed by atoms with van der Waals surface area (Å²) in [5, 5.41) is 7.72. The average molecular weight is 549 g/mol. The van der Waals surface area contributed by atoms with E-state index >= 15 is 0 Å². The molecule has 0 unspecified atom stereocenters. The minimum absolute atomic E-state index is 0.138. The zero-order chi connectivity index (χ0) is 28.8. The molecule has 8 bridgehead atoms. The molecule has 0 radical (unpaired) electrons. The van der Waals surface area contributed by atoms with Crippen LogP contribution in [0.5, 0.6) is 0 Å². The lowest BCUT2D eigenvalue weighted by Crippen LogP contribution is -2.42. The van der Waals surface area contributed by atoms with E-state index in [0.717, 1.165) is 9.36 Å². The third-order valence-corrected chi connectivity index (χ3v) is 8.09. The first-order valence-corrected chi connectivity index (χ1v) is 12.2. The van der Waals surface area contributed by atoms with Gasteiger partial charge in [-0.1, -0.05) is 39.8 Å². The first-order valence-electron chi connectivity index (χ1n) is 12.2. The predicted octanol–water partition coefficient (Wildman–Crippen LogP) is 6.78. The van der Waals surface area contributed by atoms with E-state index in [1.807, 2.05) is 13.8 Å². The maximum atomic E-state index is 14.3. The SMILES string of the molecule is CC1(C)c2cccc(n2)-n2cc(c(C(F)(F)F)n2)C(C)(C)C(C)(C)c2cn(nc2C(F)(F)F)-c2cccc1n2. The van der Waals surface area contributed by atoms with Gasteiger partial charge in [-0.15, -0.1) is 0 Å². The second kappa shape index (κ2) is 8.15. The number of aromatic nitrogens is 6. The van der Waals surface area contributed by atoms with Crippen molar-refractivity contribution in [2.45, 2.75) is 70.1 Å². The van der Waals surface area contributed by atoms with Gasteiger partial charge in [-0.05, 0) is 38.1 Å². The van der Waals surface area contributed by atoms with Gasteiger partial charge in [0.15, 0.2) is 23.0 Å². The maximum Gasteiger partial charge on any atom is 0.435 e. The molecule has 206 valence electrons. The largest absolute Gasteiger partial charge is 0.435 e. The van der Waals surface area contributed by atoms with Crippen LogP contribution in [-0.2, 0) is 28.6 Å². The Morgan fingerprint density at radius 1 is 0.590 bits per heavy atom. The first-order chi connectivity index (χ1) is 17.8. The van der Waals surface area contributed by atoms with Gasteiger partial charge in [0, 0.05) is 39.8 Å². The van der Waals surface area contributed by atoms with Crippen molar-refractivity contribution in [3.8, 4) is 11.6 Å². The molecule has 1 aliphatic heterocycles. The van der Waals surface area contributed by atoms with Crippen molar-refractivity contribution in [3.05, 3.63) is 82.7 Å². The van der Waals surface area contributed by atoms with Crippen molar-refractivity contribution in [1.29, 1.82) is 0 Å².